The van der Waals surface area contributed by atoms with Crippen molar-refractivity contribution in [3.05, 3.63) is 76.9 Å². The van der Waals surface area contributed by atoms with E-state index in [9.17, 15) is 14.0 Å². The number of halogens is 1. The van der Waals surface area contributed by atoms with Crippen LogP contribution in [0.4, 0.5) is 10.1 Å². The average Bonchev–Trinajstić information content (AvgIpc) is 3.41. The Hall–Kier alpha value is -3.48. The van der Waals surface area contributed by atoms with Crippen LogP contribution in [0.2, 0.25) is 0 Å². The van der Waals surface area contributed by atoms with Gasteiger partial charge in [0.25, 0.3) is 5.91 Å². The Kier molecular flexibility index (Phi) is 5.02. The van der Waals surface area contributed by atoms with Gasteiger partial charge in [0, 0.05) is 29.4 Å². The summed E-state index contributed by atoms with van der Waals surface area (Å²) in [5, 5.41) is 10.4. The molecule has 6 nitrogen and oxygen atoms in total. The largest absolute Gasteiger partial charge is 0.347 e. The first-order valence-electron chi connectivity index (χ1n) is 10.6. The standard InChI is InChI=1S/C24H23FN4O2/c25-17-9-11-19(12-10-17)29-21-6-2-5-20(21)22(28-29)24(31)26-14-15-3-1-4-18(13-15)27-23(30)16-7-8-16/h1,3-4,9-13,16H,2,5-8,14H2,(H,26,31)(H,27,30). The van der Waals surface area contributed by atoms with Gasteiger partial charge in [-0.25, -0.2) is 9.07 Å². The van der Waals surface area contributed by atoms with E-state index in [0.29, 0.717) is 12.2 Å². The highest BCUT2D eigenvalue weighted by molar-refractivity contribution is 5.95. The van der Waals surface area contributed by atoms with Gasteiger partial charge in [-0.1, -0.05) is 12.1 Å². The second kappa shape index (κ2) is 7.98. The Morgan fingerprint density at radius 3 is 2.68 bits per heavy atom. The van der Waals surface area contributed by atoms with Gasteiger partial charge >= 0.3 is 0 Å². The van der Waals surface area contributed by atoms with Gasteiger partial charge in [-0.05, 0) is 74.1 Å². The van der Waals surface area contributed by atoms with Crippen LogP contribution in [0.25, 0.3) is 5.69 Å². The van der Waals surface area contributed by atoms with E-state index in [1.807, 2.05) is 24.3 Å². The molecule has 0 atom stereocenters. The van der Waals surface area contributed by atoms with Crippen molar-refractivity contribution in [2.45, 2.75) is 38.6 Å². The number of fused-ring (bicyclic) bond motifs is 1. The monoisotopic (exact) mass is 418 g/mol. The molecule has 2 N–H and O–H groups in total. The van der Waals surface area contributed by atoms with Crippen molar-refractivity contribution in [2.24, 2.45) is 5.92 Å². The van der Waals surface area contributed by atoms with Gasteiger partial charge in [-0.15, -0.1) is 0 Å². The van der Waals surface area contributed by atoms with Gasteiger partial charge in [-0.3, -0.25) is 9.59 Å². The lowest BCUT2D eigenvalue weighted by Crippen LogP contribution is -2.24. The molecule has 0 spiro atoms. The summed E-state index contributed by atoms with van der Waals surface area (Å²) in [6.45, 7) is 0.337. The fourth-order valence-corrected chi connectivity index (χ4v) is 4.03. The Bertz CT molecular complexity index is 1150. The quantitative estimate of drug-likeness (QED) is 0.640. The van der Waals surface area contributed by atoms with Crippen molar-refractivity contribution >= 4 is 17.5 Å². The van der Waals surface area contributed by atoms with E-state index < -0.39 is 0 Å². The number of anilines is 1. The SMILES string of the molecule is O=C(NCc1cccc(NC(=O)C2CC2)c1)c1nn(-c2ccc(F)cc2)c2c1CCC2. The van der Waals surface area contributed by atoms with Crippen LogP contribution in [0.1, 0.15) is 46.6 Å². The maximum Gasteiger partial charge on any atom is 0.272 e. The number of nitrogens with one attached hydrogen (secondary N) is 2. The van der Waals surface area contributed by atoms with Gasteiger partial charge in [0.05, 0.1) is 5.69 Å². The fourth-order valence-electron chi connectivity index (χ4n) is 4.03. The summed E-state index contributed by atoms with van der Waals surface area (Å²) < 4.78 is 15.0. The third-order valence-corrected chi connectivity index (χ3v) is 5.81. The van der Waals surface area contributed by atoms with Crippen molar-refractivity contribution in [1.82, 2.24) is 15.1 Å². The summed E-state index contributed by atoms with van der Waals surface area (Å²) >= 11 is 0. The Balaban J connectivity index is 1.30. The molecule has 1 fully saturated rings. The molecule has 0 aliphatic heterocycles. The lowest BCUT2D eigenvalue weighted by atomic mass is 10.1. The van der Waals surface area contributed by atoms with E-state index in [1.54, 1.807) is 16.8 Å². The summed E-state index contributed by atoms with van der Waals surface area (Å²) in [4.78, 5) is 24.9. The molecule has 0 unspecified atom stereocenters. The zero-order chi connectivity index (χ0) is 21.4. The molecule has 31 heavy (non-hydrogen) atoms. The molecule has 1 saturated carbocycles. The first kappa shape index (κ1) is 19.5. The summed E-state index contributed by atoms with van der Waals surface area (Å²) in [6.07, 6.45) is 4.53. The average molecular weight is 418 g/mol. The van der Waals surface area contributed by atoms with Crippen LogP contribution in [-0.2, 0) is 24.2 Å². The molecule has 1 aromatic heterocycles. The van der Waals surface area contributed by atoms with Crippen LogP contribution in [0.15, 0.2) is 48.5 Å². The molecule has 0 saturated heterocycles. The molecular weight excluding hydrogens is 395 g/mol. The van der Waals surface area contributed by atoms with Crippen LogP contribution < -0.4 is 10.6 Å². The van der Waals surface area contributed by atoms with E-state index >= 15 is 0 Å². The minimum Gasteiger partial charge on any atom is -0.347 e. The van der Waals surface area contributed by atoms with Crippen LogP contribution in [-0.4, -0.2) is 21.6 Å². The summed E-state index contributed by atoms with van der Waals surface area (Å²) in [5.74, 6) is -0.336. The number of nitrogens with zero attached hydrogens (tertiary/aromatic N) is 2. The highest BCUT2D eigenvalue weighted by Crippen LogP contribution is 2.30. The minimum atomic E-state index is -0.305. The van der Waals surface area contributed by atoms with Crippen molar-refractivity contribution in [1.29, 1.82) is 0 Å². The Labute approximate surface area is 179 Å². The third-order valence-electron chi connectivity index (χ3n) is 5.81. The molecule has 7 heteroatoms. The zero-order valence-corrected chi connectivity index (χ0v) is 17.0. The minimum absolute atomic E-state index is 0.0584. The first-order chi connectivity index (χ1) is 15.1. The lowest BCUT2D eigenvalue weighted by molar-refractivity contribution is -0.117. The molecule has 0 radical (unpaired) electrons. The second-order valence-electron chi connectivity index (χ2n) is 8.16. The molecule has 2 aliphatic rings. The summed E-state index contributed by atoms with van der Waals surface area (Å²) in [6, 6.07) is 13.6. The number of hydrogen-bond acceptors (Lipinski definition) is 3. The van der Waals surface area contributed by atoms with Gasteiger partial charge < -0.3 is 10.6 Å². The fraction of sp³-hybridized carbons (Fsp3) is 0.292. The summed E-state index contributed by atoms with van der Waals surface area (Å²) in [5.41, 5.74) is 4.79. The summed E-state index contributed by atoms with van der Waals surface area (Å²) in [7, 11) is 0. The van der Waals surface area contributed by atoms with E-state index in [2.05, 4.69) is 15.7 Å². The van der Waals surface area contributed by atoms with Gasteiger partial charge in [0.1, 0.15) is 5.82 Å². The van der Waals surface area contributed by atoms with Gasteiger partial charge in [-0.2, -0.15) is 5.10 Å². The molecule has 2 amide bonds. The zero-order valence-electron chi connectivity index (χ0n) is 17.0. The number of aromatic nitrogens is 2. The van der Waals surface area contributed by atoms with Crippen molar-refractivity contribution in [2.75, 3.05) is 5.32 Å². The maximum atomic E-state index is 13.3. The van der Waals surface area contributed by atoms with Crippen LogP contribution >= 0.6 is 0 Å². The maximum absolute atomic E-state index is 13.3. The second-order valence-corrected chi connectivity index (χ2v) is 8.16. The molecular formula is C24H23FN4O2. The predicted molar refractivity (Wildman–Crippen MR) is 115 cm³/mol. The number of hydrogen-bond donors (Lipinski definition) is 2. The number of benzene rings is 2. The number of carbonyl (C=O) groups excluding carboxylic acids is 2. The van der Waals surface area contributed by atoms with Crippen molar-refractivity contribution in [3.63, 3.8) is 0 Å². The van der Waals surface area contributed by atoms with Crippen LogP contribution in [0.3, 0.4) is 0 Å². The molecule has 3 aromatic rings. The first-order valence-corrected chi connectivity index (χ1v) is 10.6. The number of carbonyl (C=O) groups is 2. The van der Waals surface area contributed by atoms with Crippen molar-refractivity contribution in [3.8, 4) is 5.69 Å². The van der Waals surface area contributed by atoms with Gasteiger partial charge in [0.15, 0.2) is 5.69 Å². The van der Waals surface area contributed by atoms with E-state index in [-0.39, 0.29) is 23.5 Å². The topological polar surface area (TPSA) is 76.0 Å². The molecule has 0 bridgehead atoms. The Morgan fingerprint density at radius 2 is 1.90 bits per heavy atom. The highest BCUT2D eigenvalue weighted by Gasteiger charge is 2.29. The number of rotatable bonds is 6. The predicted octanol–water partition coefficient (Wildman–Crippen LogP) is 3.78. The van der Waals surface area contributed by atoms with E-state index in [1.165, 1.54) is 12.1 Å². The lowest BCUT2D eigenvalue weighted by Gasteiger charge is -2.08. The molecule has 2 aliphatic carbocycles. The van der Waals surface area contributed by atoms with E-state index in [4.69, 9.17) is 0 Å². The third kappa shape index (κ3) is 4.08. The van der Waals surface area contributed by atoms with Crippen molar-refractivity contribution < 1.29 is 14.0 Å². The number of amides is 2. The Morgan fingerprint density at radius 1 is 1.10 bits per heavy atom. The van der Waals surface area contributed by atoms with E-state index in [0.717, 1.165) is 60.3 Å². The molecule has 2 aromatic carbocycles. The van der Waals surface area contributed by atoms with Crippen LogP contribution in [0, 0.1) is 11.7 Å². The molecule has 5 rings (SSSR count). The molecule has 158 valence electrons. The normalized spacial score (nSPS) is 14.9. The highest BCUT2D eigenvalue weighted by atomic mass is 19.1. The smallest absolute Gasteiger partial charge is 0.272 e. The van der Waals surface area contributed by atoms with Gasteiger partial charge in [0.2, 0.25) is 5.91 Å². The molecule has 1 heterocycles. The van der Waals surface area contributed by atoms with Crippen LogP contribution in [0.5, 0.6) is 0 Å².